The van der Waals surface area contributed by atoms with Gasteiger partial charge in [-0.1, -0.05) is 0 Å². The summed E-state index contributed by atoms with van der Waals surface area (Å²) in [6.07, 6.45) is 0. The number of aryl methyl sites for hydroxylation is 1. The third kappa shape index (κ3) is 2.31. The number of ether oxygens (including phenoxy) is 1. The lowest BCUT2D eigenvalue weighted by atomic mass is 10.3. The second kappa shape index (κ2) is 4.83. The van der Waals surface area contributed by atoms with Gasteiger partial charge in [-0.15, -0.1) is 22.7 Å². The van der Waals surface area contributed by atoms with Gasteiger partial charge in [-0.2, -0.15) is 0 Å². The molecule has 5 heteroatoms. The topological polar surface area (TPSA) is 48.1 Å². The number of thiophene rings is 1. The van der Waals surface area contributed by atoms with Crippen LogP contribution in [0.3, 0.4) is 0 Å². The fourth-order valence-corrected chi connectivity index (χ4v) is 3.85. The summed E-state index contributed by atoms with van der Waals surface area (Å²) in [7, 11) is 0. The summed E-state index contributed by atoms with van der Waals surface area (Å²) in [6, 6.07) is 8.09. The van der Waals surface area contributed by atoms with Crippen LogP contribution in [-0.2, 0) is 0 Å². The second-order valence-electron chi connectivity index (χ2n) is 4.22. The second-order valence-corrected chi connectivity index (χ2v) is 6.54. The summed E-state index contributed by atoms with van der Waals surface area (Å²) in [6.45, 7) is 4.72. The Morgan fingerprint density at radius 1 is 1.26 bits per heavy atom. The molecule has 1 aromatic carbocycles. The van der Waals surface area contributed by atoms with E-state index >= 15 is 0 Å². The molecule has 0 unspecified atom stereocenters. The van der Waals surface area contributed by atoms with Crippen molar-refractivity contribution in [2.24, 2.45) is 0 Å². The predicted octanol–water partition coefficient (Wildman–Crippen LogP) is 4.31. The fourth-order valence-electron chi connectivity index (χ4n) is 1.98. The molecule has 2 heterocycles. The summed E-state index contributed by atoms with van der Waals surface area (Å²) in [4.78, 5) is 5.86. The minimum atomic E-state index is 0.674. The van der Waals surface area contributed by atoms with Gasteiger partial charge in [-0.05, 0) is 38.1 Å². The summed E-state index contributed by atoms with van der Waals surface area (Å²) in [5.74, 6) is 0.889. The highest BCUT2D eigenvalue weighted by Crippen LogP contribution is 2.38. The van der Waals surface area contributed by atoms with E-state index in [2.05, 4.69) is 18.0 Å². The lowest BCUT2D eigenvalue weighted by Gasteiger charge is -2.00. The minimum Gasteiger partial charge on any atom is -0.494 e. The van der Waals surface area contributed by atoms with Crippen LogP contribution >= 0.6 is 22.7 Å². The maximum Gasteiger partial charge on any atom is 0.127 e. The molecule has 0 aliphatic carbocycles. The zero-order valence-corrected chi connectivity index (χ0v) is 12.4. The monoisotopic (exact) mass is 290 g/mol. The van der Waals surface area contributed by atoms with Crippen molar-refractivity contribution >= 4 is 37.9 Å². The average molecular weight is 290 g/mol. The molecule has 0 atom stereocenters. The number of fused-ring (bicyclic) bond motifs is 1. The van der Waals surface area contributed by atoms with Crippen LogP contribution in [0.15, 0.2) is 24.3 Å². The van der Waals surface area contributed by atoms with E-state index in [-0.39, 0.29) is 0 Å². The standard InChI is InChI=1S/C14H14N2OS2/c1-3-17-9-4-5-11-12(7-9)19-14(16-11)10-6-8(2)18-13(10)15/h4-7H,3,15H2,1-2H3. The van der Waals surface area contributed by atoms with Gasteiger partial charge >= 0.3 is 0 Å². The lowest BCUT2D eigenvalue weighted by molar-refractivity contribution is 0.341. The van der Waals surface area contributed by atoms with E-state index in [1.54, 1.807) is 22.7 Å². The Hall–Kier alpha value is -1.59. The summed E-state index contributed by atoms with van der Waals surface area (Å²) in [5, 5.41) is 1.81. The Morgan fingerprint density at radius 2 is 2.11 bits per heavy atom. The van der Waals surface area contributed by atoms with E-state index in [9.17, 15) is 0 Å². The largest absolute Gasteiger partial charge is 0.494 e. The number of nitrogen functional groups attached to an aromatic ring is 1. The van der Waals surface area contributed by atoms with Gasteiger partial charge in [0.2, 0.25) is 0 Å². The van der Waals surface area contributed by atoms with Gasteiger partial charge < -0.3 is 10.5 Å². The van der Waals surface area contributed by atoms with Crippen molar-refractivity contribution in [1.29, 1.82) is 0 Å². The number of nitrogens with zero attached hydrogens (tertiary/aromatic N) is 1. The van der Waals surface area contributed by atoms with Gasteiger partial charge in [0.15, 0.2) is 0 Å². The first-order chi connectivity index (χ1) is 9.17. The maximum atomic E-state index is 6.03. The van der Waals surface area contributed by atoms with Crippen molar-refractivity contribution in [2.75, 3.05) is 12.3 Å². The van der Waals surface area contributed by atoms with Crippen molar-refractivity contribution < 1.29 is 4.74 Å². The molecule has 0 saturated heterocycles. The number of nitrogens with two attached hydrogens (primary N) is 1. The third-order valence-electron chi connectivity index (χ3n) is 2.79. The smallest absolute Gasteiger partial charge is 0.127 e. The van der Waals surface area contributed by atoms with Gasteiger partial charge in [0.1, 0.15) is 10.8 Å². The Kier molecular flexibility index (Phi) is 3.16. The van der Waals surface area contributed by atoms with E-state index in [1.165, 1.54) is 4.88 Å². The van der Waals surface area contributed by atoms with Crippen LogP contribution in [-0.4, -0.2) is 11.6 Å². The molecule has 0 saturated carbocycles. The molecule has 3 rings (SSSR count). The van der Waals surface area contributed by atoms with Gasteiger partial charge in [0.25, 0.3) is 0 Å². The Balaban J connectivity index is 2.08. The average Bonchev–Trinajstić information content (AvgIpc) is 2.92. The molecule has 2 aromatic heterocycles. The zero-order valence-electron chi connectivity index (χ0n) is 10.8. The van der Waals surface area contributed by atoms with E-state index in [0.29, 0.717) is 6.61 Å². The highest BCUT2D eigenvalue weighted by molar-refractivity contribution is 7.22. The maximum absolute atomic E-state index is 6.03. The van der Waals surface area contributed by atoms with E-state index in [1.807, 2.05) is 25.1 Å². The van der Waals surface area contributed by atoms with Gasteiger partial charge in [0, 0.05) is 10.4 Å². The van der Waals surface area contributed by atoms with Crippen molar-refractivity contribution in [3.05, 3.63) is 29.1 Å². The van der Waals surface area contributed by atoms with Crippen LogP contribution in [0.4, 0.5) is 5.00 Å². The quantitative estimate of drug-likeness (QED) is 0.781. The van der Waals surface area contributed by atoms with Crippen LogP contribution < -0.4 is 10.5 Å². The number of aromatic nitrogens is 1. The molecular formula is C14H14N2OS2. The SMILES string of the molecule is CCOc1ccc2nc(-c3cc(C)sc3N)sc2c1. The van der Waals surface area contributed by atoms with Crippen molar-refractivity contribution in [2.45, 2.75) is 13.8 Å². The number of hydrogen-bond acceptors (Lipinski definition) is 5. The number of rotatable bonds is 3. The molecule has 19 heavy (non-hydrogen) atoms. The van der Waals surface area contributed by atoms with E-state index in [4.69, 9.17) is 10.5 Å². The van der Waals surface area contributed by atoms with Crippen molar-refractivity contribution in [3.63, 3.8) is 0 Å². The summed E-state index contributed by atoms with van der Waals surface area (Å²) >= 11 is 3.26. The van der Waals surface area contributed by atoms with Gasteiger partial charge in [-0.25, -0.2) is 4.98 Å². The molecule has 0 amide bonds. The number of anilines is 1. The van der Waals surface area contributed by atoms with Crippen LogP contribution in [0, 0.1) is 6.92 Å². The summed E-state index contributed by atoms with van der Waals surface area (Å²) in [5.41, 5.74) is 8.07. The number of thiazole rings is 1. The van der Waals surface area contributed by atoms with E-state index < -0.39 is 0 Å². The number of hydrogen-bond donors (Lipinski definition) is 1. The van der Waals surface area contributed by atoms with Gasteiger partial charge in [-0.3, -0.25) is 0 Å². The van der Waals surface area contributed by atoms with Crippen LogP contribution in [0.1, 0.15) is 11.8 Å². The van der Waals surface area contributed by atoms with Crippen LogP contribution in [0.2, 0.25) is 0 Å². The number of benzene rings is 1. The molecule has 3 aromatic rings. The third-order valence-corrected chi connectivity index (χ3v) is 4.72. The van der Waals surface area contributed by atoms with Gasteiger partial charge in [0.05, 0.1) is 21.8 Å². The molecular weight excluding hydrogens is 276 g/mol. The lowest BCUT2D eigenvalue weighted by Crippen LogP contribution is -1.89. The molecule has 0 radical (unpaired) electrons. The molecule has 0 aliphatic heterocycles. The minimum absolute atomic E-state index is 0.674. The summed E-state index contributed by atoms with van der Waals surface area (Å²) < 4.78 is 6.64. The normalized spacial score (nSPS) is 11.1. The molecule has 0 spiro atoms. The predicted molar refractivity (Wildman–Crippen MR) is 83.3 cm³/mol. The van der Waals surface area contributed by atoms with Crippen LogP contribution in [0.25, 0.3) is 20.8 Å². The van der Waals surface area contributed by atoms with E-state index in [0.717, 1.165) is 31.5 Å². The molecule has 0 bridgehead atoms. The fraction of sp³-hybridized carbons (Fsp3) is 0.214. The highest BCUT2D eigenvalue weighted by Gasteiger charge is 2.12. The molecule has 3 nitrogen and oxygen atoms in total. The highest BCUT2D eigenvalue weighted by atomic mass is 32.1. The van der Waals surface area contributed by atoms with Crippen molar-refractivity contribution in [1.82, 2.24) is 4.98 Å². The molecule has 0 aliphatic rings. The molecule has 2 N–H and O–H groups in total. The Morgan fingerprint density at radius 3 is 2.79 bits per heavy atom. The van der Waals surface area contributed by atoms with Crippen LogP contribution in [0.5, 0.6) is 5.75 Å². The molecule has 98 valence electrons. The first kappa shape index (κ1) is 12.4. The first-order valence-electron chi connectivity index (χ1n) is 6.07. The Bertz CT molecular complexity index is 730. The molecule has 0 fully saturated rings. The zero-order chi connectivity index (χ0) is 13.4. The Labute approximate surface area is 119 Å². The van der Waals surface area contributed by atoms with Crippen molar-refractivity contribution in [3.8, 4) is 16.3 Å². The first-order valence-corrected chi connectivity index (χ1v) is 7.70.